The van der Waals surface area contributed by atoms with Crippen molar-refractivity contribution in [3.05, 3.63) is 0 Å². The third kappa shape index (κ3) is 1.81. The lowest BCUT2D eigenvalue weighted by molar-refractivity contribution is -0.159. The van der Waals surface area contributed by atoms with Crippen molar-refractivity contribution in [1.29, 1.82) is 0 Å². The summed E-state index contributed by atoms with van der Waals surface area (Å²) in [5.41, 5.74) is 0.593. The van der Waals surface area contributed by atoms with Crippen molar-refractivity contribution in [3.8, 4) is 0 Å². The highest BCUT2D eigenvalue weighted by Crippen LogP contribution is 2.43. The van der Waals surface area contributed by atoms with Crippen molar-refractivity contribution in [1.82, 2.24) is 0 Å². The Hall–Kier alpha value is 0.0969. The van der Waals surface area contributed by atoms with Crippen molar-refractivity contribution in [2.45, 2.75) is 43.9 Å². The predicted octanol–water partition coefficient (Wildman–Crippen LogP) is 1.21. The molecule has 4 unspecified atom stereocenters. The molecule has 2 bridgehead atoms. The molecule has 4 atom stereocenters. The molecule has 0 aromatic carbocycles. The molecule has 0 aromatic heterocycles. The number of hydrogen-bond donors (Lipinski definition) is 0. The molecule has 1 saturated carbocycles. The van der Waals surface area contributed by atoms with E-state index in [1.54, 1.807) is 7.11 Å². The van der Waals surface area contributed by atoms with Gasteiger partial charge in [-0.25, -0.2) is 0 Å². The van der Waals surface area contributed by atoms with Gasteiger partial charge in [-0.2, -0.15) is 0 Å². The first-order valence-corrected chi connectivity index (χ1v) is 6.76. The van der Waals surface area contributed by atoms with Crippen LogP contribution < -0.4 is 0 Å². The van der Waals surface area contributed by atoms with E-state index in [4.69, 9.17) is 13.6 Å². The Morgan fingerprint density at radius 3 is 2.69 bits per heavy atom. The van der Waals surface area contributed by atoms with Gasteiger partial charge in [-0.1, -0.05) is 0 Å². The van der Waals surface area contributed by atoms with E-state index in [2.05, 4.69) is 0 Å². The van der Waals surface area contributed by atoms with E-state index in [-0.39, 0.29) is 0 Å². The van der Waals surface area contributed by atoms with Gasteiger partial charge in [-0.15, -0.1) is 0 Å². The van der Waals surface area contributed by atoms with Crippen LogP contribution in [0, 0.1) is 0 Å². The lowest BCUT2D eigenvalue weighted by Crippen LogP contribution is -2.50. The summed E-state index contributed by atoms with van der Waals surface area (Å²) >= 11 is 0. The summed E-state index contributed by atoms with van der Waals surface area (Å²) in [6, 6.07) is 0. The van der Waals surface area contributed by atoms with Gasteiger partial charge < -0.3 is 13.6 Å². The van der Waals surface area contributed by atoms with Crippen LogP contribution in [0.1, 0.15) is 26.2 Å². The predicted molar refractivity (Wildman–Crippen MR) is 52.0 cm³/mol. The van der Waals surface area contributed by atoms with Gasteiger partial charge in [-0.3, -0.25) is 0 Å². The van der Waals surface area contributed by atoms with Gasteiger partial charge >= 0.3 is 9.28 Å². The van der Waals surface area contributed by atoms with Crippen molar-refractivity contribution in [2.24, 2.45) is 0 Å². The maximum Gasteiger partial charge on any atom is 0.326 e. The van der Waals surface area contributed by atoms with Gasteiger partial charge in [-0.05, 0) is 26.2 Å². The van der Waals surface area contributed by atoms with Gasteiger partial charge in [0.1, 0.15) is 0 Å². The standard InChI is InChI=1S/C9H18O3Si/c1-3-11-13(10-2)9-5-4-7-6-8(9)12-7/h7-9,13H,3-6H2,1-2H3. The lowest BCUT2D eigenvalue weighted by atomic mass is 9.88. The molecule has 2 saturated heterocycles. The van der Waals surface area contributed by atoms with Crippen molar-refractivity contribution in [3.63, 3.8) is 0 Å². The summed E-state index contributed by atoms with van der Waals surface area (Å²) < 4.78 is 16.8. The molecular formula is C9H18O3Si. The molecule has 1 aliphatic carbocycles. The fourth-order valence-electron chi connectivity index (χ4n) is 2.36. The first kappa shape index (κ1) is 9.64. The first-order chi connectivity index (χ1) is 6.35. The average molecular weight is 202 g/mol. The molecule has 0 N–H and O–H groups in total. The van der Waals surface area contributed by atoms with E-state index in [1.165, 1.54) is 19.3 Å². The minimum Gasteiger partial charge on any atom is -0.400 e. The molecule has 0 amide bonds. The van der Waals surface area contributed by atoms with Crippen LogP contribution in [0.25, 0.3) is 0 Å². The molecule has 76 valence electrons. The molecule has 0 spiro atoms. The minimum atomic E-state index is -1.44. The maximum atomic E-state index is 5.69. The number of ether oxygens (including phenoxy) is 1. The molecule has 2 aliphatic heterocycles. The largest absolute Gasteiger partial charge is 0.400 e. The summed E-state index contributed by atoms with van der Waals surface area (Å²) in [6.45, 7) is 2.81. The quantitative estimate of drug-likeness (QED) is 0.641. The van der Waals surface area contributed by atoms with Crippen molar-refractivity contribution >= 4 is 9.28 Å². The SMILES string of the molecule is CCO[SiH](OC)C1CCC2CC1O2. The molecule has 2 heterocycles. The lowest BCUT2D eigenvalue weighted by Gasteiger charge is -2.47. The zero-order valence-electron chi connectivity index (χ0n) is 8.36. The van der Waals surface area contributed by atoms with E-state index in [0.29, 0.717) is 17.7 Å². The van der Waals surface area contributed by atoms with Gasteiger partial charge in [0.25, 0.3) is 0 Å². The van der Waals surface area contributed by atoms with E-state index >= 15 is 0 Å². The topological polar surface area (TPSA) is 27.7 Å². The maximum absolute atomic E-state index is 5.69. The Morgan fingerprint density at radius 1 is 1.46 bits per heavy atom. The first-order valence-electron chi connectivity index (χ1n) is 5.15. The van der Waals surface area contributed by atoms with E-state index in [9.17, 15) is 0 Å². The zero-order chi connectivity index (χ0) is 9.26. The van der Waals surface area contributed by atoms with Crippen LogP contribution in [-0.4, -0.2) is 35.2 Å². The van der Waals surface area contributed by atoms with Crippen molar-refractivity contribution in [2.75, 3.05) is 13.7 Å². The molecule has 0 aromatic rings. The second-order valence-corrected chi connectivity index (χ2v) is 6.23. The molecule has 4 heteroatoms. The minimum absolute atomic E-state index is 0.460. The van der Waals surface area contributed by atoms with Crippen LogP contribution in [0.5, 0.6) is 0 Å². The normalized spacial score (nSPS) is 39.7. The van der Waals surface area contributed by atoms with E-state index < -0.39 is 9.28 Å². The highest BCUT2D eigenvalue weighted by atomic mass is 28.3. The Labute approximate surface area is 81.2 Å². The van der Waals surface area contributed by atoms with Crippen LogP contribution in [-0.2, 0) is 13.6 Å². The number of rotatable bonds is 4. The summed E-state index contributed by atoms with van der Waals surface area (Å²) in [7, 11) is 0.336. The Balaban J connectivity index is 1.89. The van der Waals surface area contributed by atoms with Gasteiger partial charge in [0.2, 0.25) is 0 Å². The fourth-order valence-corrected chi connectivity index (χ4v) is 4.49. The number of hydrogen-bond acceptors (Lipinski definition) is 3. The van der Waals surface area contributed by atoms with Crippen LogP contribution >= 0.6 is 0 Å². The van der Waals surface area contributed by atoms with E-state index in [0.717, 1.165) is 6.61 Å². The summed E-state index contributed by atoms with van der Waals surface area (Å²) in [5, 5.41) is 0. The molecular weight excluding hydrogens is 184 g/mol. The highest BCUT2D eigenvalue weighted by Gasteiger charge is 2.46. The third-order valence-corrected chi connectivity index (χ3v) is 5.66. The van der Waals surface area contributed by atoms with Crippen LogP contribution in [0.3, 0.4) is 0 Å². The molecule has 3 aliphatic rings. The highest BCUT2D eigenvalue weighted by molar-refractivity contribution is 6.46. The van der Waals surface area contributed by atoms with Crippen LogP contribution in [0.4, 0.5) is 0 Å². The van der Waals surface area contributed by atoms with Crippen molar-refractivity contribution < 1.29 is 13.6 Å². The zero-order valence-corrected chi connectivity index (χ0v) is 9.52. The average Bonchev–Trinajstić information content (AvgIpc) is 2.13. The Kier molecular flexibility index (Phi) is 3.03. The molecule has 0 radical (unpaired) electrons. The monoisotopic (exact) mass is 202 g/mol. The van der Waals surface area contributed by atoms with Gasteiger partial charge in [0, 0.05) is 19.3 Å². The van der Waals surface area contributed by atoms with Gasteiger partial charge in [0.05, 0.1) is 12.2 Å². The Bertz CT molecular complexity index is 167. The molecule has 3 rings (SSSR count). The second kappa shape index (κ2) is 4.08. The molecule has 13 heavy (non-hydrogen) atoms. The Morgan fingerprint density at radius 2 is 2.23 bits per heavy atom. The van der Waals surface area contributed by atoms with Crippen LogP contribution in [0.15, 0.2) is 0 Å². The molecule has 3 nitrogen and oxygen atoms in total. The molecule has 3 fully saturated rings. The number of fused-ring (bicyclic) bond motifs is 2. The third-order valence-electron chi connectivity index (χ3n) is 3.07. The smallest absolute Gasteiger partial charge is 0.326 e. The van der Waals surface area contributed by atoms with E-state index in [1.807, 2.05) is 6.92 Å². The van der Waals surface area contributed by atoms with Crippen LogP contribution in [0.2, 0.25) is 5.54 Å². The van der Waals surface area contributed by atoms with Gasteiger partial charge in [0.15, 0.2) is 0 Å². The summed E-state index contributed by atoms with van der Waals surface area (Å²) in [5.74, 6) is 0. The fraction of sp³-hybridized carbons (Fsp3) is 1.00. The summed E-state index contributed by atoms with van der Waals surface area (Å²) in [4.78, 5) is 0. The summed E-state index contributed by atoms with van der Waals surface area (Å²) in [6.07, 6.45) is 4.72. The second-order valence-electron chi connectivity index (χ2n) is 3.83.